The van der Waals surface area contributed by atoms with E-state index in [0.29, 0.717) is 35.9 Å². The molecule has 4 heterocycles. The number of aromatic nitrogens is 4. The van der Waals surface area contributed by atoms with Crippen molar-refractivity contribution in [3.8, 4) is 0 Å². The number of aryl methyl sites for hydroxylation is 1. The number of nitrogens with one attached hydrogen (secondary N) is 1. The first kappa shape index (κ1) is 20.8. The number of urea groups is 1. The van der Waals surface area contributed by atoms with Crippen molar-refractivity contribution in [1.82, 2.24) is 24.2 Å². The van der Waals surface area contributed by atoms with Gasteiger partial charge in [0.05, 0.1) is 37.2 Å². The van der Waals surface area contributed by atoms with Gasteiger partial charge in [0, 0.05) is 43.8 Å². The number of fused-ring (bicyclic) bond motifs is 1. The van der Waals surface area contributed by atoms with Crippen LogP contribution >= 0.6 is 0 Å². The van der Waals surface area contributed by atoms with Gasteiger partial charge in [-0.25, -0.2) is 27.7 Å². The summed E-state index contributed by atoms with van der Waals surface area (Å²) in [5, 5.41) is 6.67. The fraction of sp³-hybridized carbons (Fsp3) is 0.300. The first-order valence-electron chi connectivity index (χ1n) is 10.0. The largest absolute Gasteiger partial charge is 0.436 e. The average molecular weight is 461 g/mol. The van der Waals surface area contributed by atoms with Gasteiger partial charge in [0.2, 0.25) is 0 Å². The van der Waals surface area contributed by atoms with Crippen LogP contribution < -0.4 is 10.2 Å². The number of carbonyl (C=O) groups excluding carboxylic acids is 2. The van der Waals surface area contributed by atoms with Crippen molar-refractivity contribution in [2.45, 2.75) is 19.2 Å². The fourth-order valence-corrected chi connectivity index (χ4v) is 3.94. The van der Waals surface area contributed by atoms with Gasteiger partial charge < -0.3 is 19.5 Å². The van der Waals surface area contributed by atoms with Crippen molar-refractivity contribution in [2.75, 3.05) is 23.3 Å². The van der Waals surface area contributed by atoms with Gasteiger partial charge in [-0.3, -0.25) is 9.58 Å². The molecule has 2 aliphatic rings. The van der Waals surface area contributed by atoms with Gasteiger partial charge in [-0.2, -0.15) is 5.10 Å². The maximum atomic E-state index is 13.5. The smallest absolute Gasteiger partial charge is 0.415 e. The standard InChI is InChI=1S/C20H18F3N7O3/c1-27-3-2-24-18(27)16-10-29(20(32)33-16)14-8-25-30-5-4-28(9-15(14)30)19(31)26-11-6-12(21)17(23)13(22)7-11/h2-3,6-8,16H,4-5,9-10H2,1H3,(H,26,31). The van der Waals surface area contributed by atoms with Crippen LogP contribution in [0.25, 0.3) is 0 Å². The molecule has 2 aliphatic heterocycles. The average Bonchev–Trinajstić information content (AvgIpc) is 3.49. The second-order valence-electron chi connectivity index (χ2n) is 7.68. The van der Waals surface area contributed by atoms with E-state index < -0.39 is 35.7 Å². The molecule has 5 rings (SSSR count). The van der Waals surface area contributed by atoms with Crippen molar-refractivity contribution in [2.24, 2.45) is 7.05 Å². The summed E-state index contributed by atoms with van der Waals surface area (Å²) in [5.41, 5.74) is 0.884. The Morgan fingerprint density at radius 3 is 2.67 bits per heavy atom. The number of hydrogen-bond donors (Lipinski definition) is 1. The van der Waals surface area contributed by atoms with E-state index in [-0.39, 0.29) is 25.3 Å². The van der Waals surface area contributed by atoms with E-state index in [9.17, 15) is 22.8 Å². The van der Waals surface area contributed by atoms with Gasteiger partial charge in [0.15, 0.2) is 29.4 Å². The van der Waals surface area contributed by atoms with Crippen LogP contribution in [0.5, 0.6) is 0 Å². The number of imidazole rings is 1. The normalized spacial score (nSPS) is 17.8. The van der Waals surface area contributed by atoms with Crippen molar-refractivity contribution in [3.05, 3.63) is 59.7 Å². The number of halogens is 3. The third-order valence-corrected chi connectivity index (χ3v) is 5.62. The molecule has 1 atom stereocenters. The lowest BCUT2D eigenvalue weighted by molar-refractivity contribution is 0.136. The van der Waals surface area contributed by atoms with Gasteiger partial charge in [-0.15, -0.1) is 0 Å². The van der Waals surface area contributed by atoms with Crippen LogP contribution in [0.1, 0.15) is 17.6 Å². The van der Waals surface area contributed by atoms with Crippen molar-refractivity contribution in [1.29, 1.82) is 0 Å². The summed E-state index contributed by atoms with van der Waals surface area (Å²) in [6, 6.07) is 0.774. The lowest BCUT2D eigenvalue weighted by atomic mass is 10.2. The molecule has 0 aliphatic carbocycles. The number of carbonyl (C=O) groups is 2. The first-order valence-corrected chi connectivity index (χ1v) is 10.0. The fourth-order valence-electron chi connectivity index (χ4n) is 3.94. The van der Waals surface area contributed by atoms with Crippen LogP contribution in [-0.2, 0) is 24.9 Å². The zero-order valence-corrected chi connectivity index (χ0v) is 17.3. The van der Waals surface area contributed by atoms with Gasteiger partial charge in [-0.1, -0.05) is 0 Å². The molecule has 33 heavy (non-hydrogen) atoms. The van der Waals surface area contributed by atoms with Gasteiger partial charge >= 0.3 is 12.1 Å². The number of rotatable bonds is 3. The Morgan fingerprint density at radius 1 is 1.21 bits per heavy atom. The topological polar surface area (TPSA) is 97.5 Å². The number of hydrogen-bond acceptors (Lipinski definition) is 5. The monoisotopic (exact) mass is 461 g/mol. The minimum atomic E-state index is -1.61. The highest BCUT2D eigenvalue weighted by molar-refractivity contribution is 5.91. The molecular formula is C20H18F3N7O3. The van der Waals surface area contributed by atoms with E-state index in [1.807, 2.05) is 0 Å². The van der Waals surface area contributed by atoms with Crippen LogP contribution in [0.2, 0.25) is 0 Å². The predicted molar refractivity (Wildman–Crippen MR) is 108 cm³/mol. The summed E-state index contributed by atoms with van der Waals surface area (Å²) in [6.07, 6.45) is 3.78. The molecule has 13 heteroatoms. The van der Waals surface area contributed by atoms with Crippen LogP contribution in [0, 0.1) is 17.5 Å². The predicted octanol–water partition coefficient (Wildman–Crippen LogP) is 2.78. The minimum Gasteiger partial charge on any atom is -0.436 e. The third-order valence-electron chi connectivity index (χ3n) is 5.62. The molecule has 0 spiro atoms. The van der Waals surface area contributed by atoms with Gasteiger partial charge in [0.1, 0.15) is 0 Å². The zero-order chi connectivity index (χ0) is 23.3. The van der Waals surface area contributed by atoms with Crippen LogP contribution in [0.15, 0.2) is 30.7 Å². The lowest BCUT2D eigenvalue weighted by Crippen LogP contribution is -2.41. The Bertz CT molecular complexity index is 1230. The van der Waals surface area contributed by atoms with Gasteiger partial charge in [0.25, 0.3) is 0 Å². The molecule has 1 N–H and O–H groups in total. The van der Waals surface area contributed by atoms with E-state index in [1.165, 1.54) is 16.0 Å². The Balaban J connectivity index is 1.33. The molecule has 1 unspecified atom stereocenters. The Kier molecular flexibility index (Phi) is 4.95. The summed E-state index contributed by atoms with van der Waals surface area (Å²) in [7, 11) is 1.80. The van der Waals surface area contributed by atoms with E-state index in [1.54, 1.807) is 28.7 Å². The summed E-state index contributed by atoms with van der Waals surface area (Å²) in [4.78, 5) is 32.3. The van der Waals surface area contributed by atoms with E-state index in [4.69, 9.17) is 4.74 Å². The van der Waals surface area contributed by atoms with Crippen molar-refractivity contribution < 1.29 is 27.5 Å². The summed E-state index contributed by atoms with van der Waals surface area (Å²) in [6.45, 7) is 0.930. The number of ether oxygens (including phenoxy) is 1. The third kappa shape index (κ3) is 3.64. The Hall–Kier alpha value is -4.03. The molecule has 10 nitrogen and oxygen atoms in total. The van der Waals surface area contributed by atoms with E-state index in [0.717, 1.165) is 0 Å². The Labute approximate surface area is 185 Å². The molecule has 172 valence electrons. The minimum absolute atomic E-state index is 0.0875. The molecule has 0 saturated carbocycles. The SMILES string of the molecule is Cn1ccnc1C1CN(c2cnn3c2CN(C(=O)Nc2cc(F)c(F)c(F)c2)CC3)C(=O)O1. The molecule has 1 aromatic carbocycles. The van der Waals surface area contributed by atoms with Crippen LogP contribution in [0.3, 0.4) is 0 Å². The highest BCUT2D eigenvalue weighted by Crippen LogP contribution is 2.33. The van der Waals surface area contributed by atoms with Crippen molar-refractivity contribution in [3.63, 3.8) is 0 Å². The van der Waals surface area contributed by atoms with Gasteiger partial charge in [-0.05, 0) is 0 Å². The second kappa shape index (κ2) is 7.83. The zero-order valence-electron chi connectivity index (χ0n) is 17.3. The Morgan fingerprint density at radius 2 is 1.97 bits per heavy atom. The van der Waals surface area contributed by atoms with Crippen LogP contribution in [0.4, 0.5) is 34.1 Å². The van der Waals surface area contributed by atoms with Crippen molar-refractivity contribution >= 4 is 23.5 Å². The molecule has 2 aromatic heterocycles. The highest BCUT2D eigenvalue weighted by Gasteiger charge is 2.38. The highest BCUT2D eigenvalue weighted by atomic mass is 19.2. The molecule has 3 aromatic rings. The molecule has 0 radical (unpaired) electrons. The summed E-state index contributed by atoms with van der Waals surface area (Å²) >= 11 is 0. The number of anilines is 2. The molecule has 0 bridgehead atoms. The molecule has 1 saturated heterocycles. The summed E-state index contributed by atoms with van der Waals surface area (Å²) in [5.74, 6) is -3.81. The van der Waals surface area contributed by atoms with E-state index >= 15 is 0 Å². The van der Waals surface area contributed by atoms with E-state index in [2.05, 4.69) is 15.4 Å². The molecule has 1 fully saturated rings. The first-order chi connectivity index (χ1) is 15.8. The lowest BCUT2D eigenvalue weighted by Gasteiger charge is -2.29. The number of nitrogens with zero attached hydrogens (tertiary/aromatic N) is 6. The maximum Gasteiger partial charge on any atom is 0.415 e. The number of amides is 3. The number of cyclic esters (lactones) is 1. The second-order valence-corrected chi connectivity index (χ2v) is 7.68. The number of benzene rings is 1. The summed E-state index contributed by atoms with van der Waals surface area (Å²) < 4.78 is 49.0. The quantitative estimate of drug-likeness (QED) is 0.605. The maximum absolute atomic E-state index is 13.5. The van der Waals surface area contributed by atoms with Crippen LogP contribution in [-0.4, -0.2) is 49.4 Å². The molecular weight excluding hydrogens is 443 g/mol. The molecule has 3 amide bonds.